The summed E-state index contributed by atoms with van der Waals surface area (Å²) in [5, 5.41) is 11.3. The Kier molecular flexibility index (Phi) is 2.64. The molecule has 15 heavy (non-hydrogen) atoms. The molecular formula is C10H8N4O. The van der Waals surface area contributed by atoms with Crippen LogP contribution in [0.2, 0.25) is 0 Å². The summed E-state index contributed by atoms with van der Waals surface area (Å²) in [4.78, 5) is 10.4. The third-order valence-electron chi connectivity index (χ3n) is 1.82. The lowest BCUT2D eigenvalue weighted by Crippen LogP contribution is -1.88. The minimum atomic E-state index is 0.649. The number of carbonyl (C=O) groups is 1. The summed E-state index contributed by atoms with van der Waals surface area (Å²) in [6.07, 6.45) is 5.46. The van der Waals surface area contributed by atoms with E-state index in [4.69, 9.17) is 0 Å². The molecule has 1 heterocycles. The van der Waals surface area contributed by atoms with Crippen molar-refractivity contribution in [3.05, 3.63) is 48.0 Å². The zero-order valence-electron chi connectivity index (χ0n) is 7.82. The molecule has 0 aliphatic carbocycles. The molecule has 0 aliphatic heterocycles. The molecule has 74 valence electrons. The van der Waals surface area contributed by atoms with Gasteiger partial charge in [0, 0.05) is 5.56 Å². The maximum atomic E-state index is 10.4. The van der Waals surface area contributed by atoms with Crippen molar-refractivity contribution in [1.29, 1.82) is 0 Å². The number of benzene rings is 1. The van der Waals surface area contributed by atoms with E-state index in [0.717, 1.165) is 11.8 Å². The summed E-state index contributed by atoms with van der Waals surface area (Å²) in [5.41, 5.74) is 1.56. The van der Waals surface area contributed by atoms with Crippen molar-refractivity contribution in [3.63, 3.8) is 0 Å². The first-order valence-electron chi connectivity index (χ1n) is 4.33. The van der Waals surface area contributed by atoms with Gasteiger partial charge in [0.2, 0.25) is 0 Å². The Morgan fingerprint density at radius 3 is 2.27 bits per heavy atom. The minimum absolute atomic E-state index is 0.649. The molecule has 1 aromatic carbocycles. The predicted molar refractivity (Wildman–Crippen MR) is 54.8 cm³/mol. The highest BCUT2D eigenvalue weighted by Crippen LogP contribution is 1.99. The van der Waals surface area contributed by atoms with Crippen molar-refractivity contribution < 1.29 is 4.79 Å². The first kappa shape index (κ1) is 9.26. The first-order valence-corrected chi connectivity index (χ1v) is 4.33. The Balaban J connectivity index is 2.14. The fourth-order valence-electron chi connectivity index (χ4n) is 1.05. The number of carbonyl (C=O) groups excluding carboxylic acids is 1. The summed E-state index contributed by atoms with van der Waals surface area (Å²) < 4.78 is 1.49. The van der Waals surface area contributed by atoms with Gasteiger partial charge >= 0.3 is 0 Å². The summed E-state index contributed by atoms with van der Waals surface area (Å²) in [6.45, 7) is 0. The molecule has 0 saturated heterocycles. The molecule has 0 N–H and O–H groups in total. The van der Waals surface area contributed by atoms with Crippen molar-refractivity contribution in [2.45, 2.75) is 0 Å². The molecule has 0 fully saturated rings. The quantitative estimate of drug-likeness (QED) is 0.548. The van der Waals surface area contributed by atoms with Crippen LogP contribution in [0.15, 0.2) is 42.0 Å². The van der Waals surface area contributed by atoms with Gasteiger partial charge in [-0.05, 0) is 5.56 Å². The lowest BCUT2D eigenvalue weighted by atomic mass is 10.2. The summed E-state index contributed by atoms with van der Waals surface area (Å²) >= 11 is 0. The predicted octanol–water partition coefficient (Wildman–Crippen LogP) is 0.973. The van der Waals surface area contributed by atoms with E-state index < -0.39 is 0 Å². The molecule has 2 aromatic rings. The summed E-state index contributed by atoms with van der Waals surface area (Å²) in [7, 11) is 0. The smallest absolute Gasteiger partial charge is 0.150 e. The van der Waals surface area contributed by atoms with E-state index in [9.17, 15) is 4.79 Å². The Hall–Kier alpha value is -2.30. The van der Waals surface area contributed by atoms with Crippen LogP contribution in [0.1, 0.15) is 15.9 Å². The van der Waals surface area contributed by atoms with E-state index in [-0.39, 0.29) is 0 Å². The van der Waals surface area contributed by atoms with Crippen LogP contribution < -0.4 is 0 Å². The number of nitrogens with zero attached hydrogens (tertiary/aromatic N) is 4. The second-order valence-electron chi connectivity index (χ2n) is 2.87. The van der Waals surface area contributed by atoms with Crippen molar-refractivity contribution in [2.24, 2.45) is 5.10 Å². The van der Waals surface area contributed by atoms with Crippen molar-refractivity contribution in [2.75, 3.05) is 0 Å². The Morgan fingerprint density at radius 2 is 1.67 bits per heavy atom. The number of aldehydes is 1. The molecule has 0 saturated carbocycles. The maximum Gasteiger partial charge on any atom is 0.150 e. The molecule has 0 spiro atoms. The summed E-state index contributed by atoms with van der Waals surface area (Å²) in [6, 6.07) is 7.11. The van der Waals surface area contributed by atoms with Gasteiger partial charge in [0.1, 0.15) is 18.9 Å². The zero-order valence-corrected chi connectivity index (χ0v) is 7.82. The molecule has 2 rings (SSSR count). The minimum Gasteiger partial charge on any atom is -0.298 e. The Bertz CT molecular complexity index is 459. The third-order valence-corrected chi connectivity index (χ3v) is 1.82. The lowest BCUT2D eigenvalue weighted by molar-refractivity contribution is 0.112. The summed E-state index contributed by atoms with van der Waals surface area (Å²) in [5.74, 6) is 0. The maximum absolute atomic E-state index is 10.4. The molecule has 0 amide bonds. The van der Waals surface area contributed by atoms with E-state index >= 15 is 0 Å². The highest BCUT2D eigenvalue weighted by Gasteiger charge is 1.90. The average molecular weight is 200 g/mol. The van der Waals surface area contributed by atoms with Crippen LogP contribution in [0.5, 0.6) is 0 Å². The Labute approximate surface area is 86.1 Å². The highest BCUT2D eigenvalue weighted by atomic mass is 16.1. The zero-order chi connectivity index (χ0) is 10.5. The van der Waals surface area contributed by atoms with Gasteiger partial charge in [-0.15, -0.1) is 10.2 Å². The number of hydrogen-bond acceptors (Lipinski definition) is 4. The molecule has 0 atom stereocenters. The van der Waals surface area contributed by atoms with Crippen molar-refractivity contribution in [1.82, 2.24) is 14.9 Å². The Morgan fingerprint density at radius 1 is 1.07 bits per heavy atom. The van der Waals surface area contributed by atoms with E-state index in [1.54, 1.807) is 18.3 Å². The van der Waals surface area contributed by atoms with Crippen LogP contribution in [0.3, 0.4) is 0 Å². The molecule has 5 nitrogen and oxygen atoms in total. The molecule has 1 aromatic heterocycles. The molecule has 0 aliphatic rings. The first-order chi connectivity index (χ1) is 7.38. The second kappa shape index (κ2) is 4.28. The van der Waals surface area contributed by atoms with Gasteiger partial charge in [0.25, 0.3) is 0 Å². The van der Waals surface area contributed by atoms with Crippen molar-refractivity contribution in [3.8, 4) is 0 Å². The molecule has 0 unspecified atom stereocenters. The SMILES string of the molecule is O=Cc1ccc(/C=N/n2cnnc2)cc1. The van der Waals surface area contributed by atoms with Gasteiger partial charge in [-0.3, -0.25) is 4.79 Å². The number of hydrogen-bond donors (Lipinski definition) is 0. The van der Waals surface area contributed by atoms with Crippen LogP contribution >= 0.6 is 0 Å². The molecular weight excluding hydrogens is 192 g/mol. The number of aromatic nitrogens is 3. The van der Waals surface area contributed by atoms with Gasteiger partial charge in [-0.2, -0.15) is 5.10 Å². The topological polar surface area (TPSA) is 60.1 Å². The van der Waals surface area contributed by atoms with Crippen LogP contribution in [-0.2, 0) is 0 Å². The van der Waals surface area contributed by atoms with E-state index in [1.165, 1.54) is 17.3 Å². The van der Waals surface area contributed by atoms with Gasteiger partial charge < -0.3 is 0 Å². The second-order valence-corrected chi connectivity index (χ2v) is 2.87. The number of rotatable bonds is 3. The van der Waals surface area contributed by atoms with Gasteiger partial charge in [-0.1, -0.05) is 24.3 Å². The van der Waals surface area contributed by atoms with Crippen LogP contribution in [0.4, 0.5) is 0 Å². The van der Waals surface area contributed by atoms with E-state index in [2.05, 4.69) is 15.3 Å². The normalized spacial score (nSPS) is 10.7. The van der Waals surface area contributed by atoms with E-state index in [0.29, 0.717) is 5.56 Å². The van der Waals surface area contributed by atoms with Crippen LogP contribution in [0, 0.1) is 0 Å². The fraction of sp³-hybridized carbons (Fsp3) is 0. The van der Waals surface area contributed by atoms with Gasteiger partial charge in [-0.25, -0.2) is 4.68 Å². The molecule has 0 radical (unpaired) electrons. The van der Waals surface area contributed by atoms with Crippen LogP contribution in [-0.4, -0.2) is 27.4 Å². The standard InChI is InChI=1S/C10H8N4O/c15-6-10-3-1-9(2-4-10)5-13-14-7-11-12-8-14/h1-8H/b13-5+. The van der Waals surface area contributed by atoms with Crippen LogP contribution in [0.25, 0.3) is 0 Å². The van der Waals surface area contributed by atoms with E-state index in [1.807, 2.05) is 12.1 Å². The average Bonchev–Trinajstić information content (AvgIpc) is 2.80. The largest absolute Gasteiger partial charge is 0.298 e. The third kappa shape index (κ3) is 2.34. The molecule has 5 heteroatoms. The highest BCUT2D eigenvalue weighted by molar-refractivity contribution is 5.82. The lowest BCUT2D eigenvalue weighted by Gasteiger charge is -1.93. The van der Waals surface area contributed by atoms with Crippen molar-refractivity contribution >= 4 is 12.5 Å². The molecule has 0 bridgehead atoms. The fourth-order valence-corrected chi connectivity index (χ4v) is 1.05. The van der Waals surface area contributed by atoms with Gasteiger partial charge in [0.15, 0.2) is 0 Å². The monoisotopic (exact) mass is 200 g/mol. The van der Waals surface area contributed by atoms with Gasteiger partial charge in [0.05, 0.1) is 6.21 Å².